The minimum Gasteiger partial charge on any atom is -0.494 e. The normalized spacial score (nSPS) is 12.1. The van der Waals surface area contributed by atoms with Gasteiger partial charge in [0, 0.05) is 11.8 Å². The third-order valence-corrected chi connectivity index (χ3v) is 3.67. The van der Waals surface area contributed by atoms with Crippen molar-refractivity contribution in [1.82, 2.24) is 0 Å². The Morgan fingerprint density at radius 3 is 2.37 bits per heavy atom. The molecule has 2 heteroatoms. The summed E-state index contributed by atoms with van der Waals surface area (Å²) in [6.45, 7) is 2.82. The first-order chi connectivity index (χ1) is 9.31. The molecule has 0 aliphatic rings. The van der Waals surface area contributed by atoms with E-state index in [1.165, 1.54) is 11.1 Å². The van der Waals surface area contributed by atoms with Gasteiger partial charge in [0.05, 0.1) is 6.61 Å². The summed E-state index contributed by atoms with van der Waals surface area (Å²) >= 11 is 6.10. The Morgan fingerprint density at radius 2 is 1.68 bits per heavy atom. The number of benzene rings is 2. The first kappa shape index (κ1) is 14.0. The summed E-state index contributed by atoms with van der Waals surface area (Å²) in [7, 11) is 0. The Kier molecular flexibility index (Phi) is 5.29. The molecule has 0 amide bonds. The molecule has 0 saturated carbocycles. The van der Waals surface area contributed by atoms with E-state index in [0.717, 1.165) is 12.2 Å². The lowest BCUT2D eigenvalue weighted by molar-refractivity contribution is 0.301. The van der Waals surface area contributed by atoms with E-state index in [9.17, 15) is 0 Å². The first-order valence-corrected chi connectivity index (χ1v) is 7.14. The Hall–Kier alpha value is -1.47. The Bertz CT molecular complexity index is 496. The fraction of sp³-hybridized carbons (Fsp3) is 0.294. The van der Waals surface area contributed by atoms with Crippen molar-refractivity contribution >= 4 is 11.6 Å². The minimum atomic E-state index is 0.353. The van der Waals surface area contributed by atoms with Crippen LogP contribution < -0.4 is 4.74 Å². The molecule has 19 heavy (non-hydrogen) atoms. The number of hydrogen-bond donors (Lipinski definition) is 0. The highest BCUT2D eigenvalue weighted by Gasteiger charge is 2.12. The van der Waals surface area contributed by atoms with Gasteiger partial charge in [-0.2, -0.15) is 0 Å². The number of halogens is 1. The standard InChI is InChI=1S/C17H19ClO/c1-14-7-5-6-10-17(14)15(13-18)11-12-19-16-8-3-2-4-9-16/h2-10,15H,11-13H2,1H3. The van der Waals surface area contributed by atoms with Crippen molar-refractivity contribution in [1.29, 1.82) is 0 Å². The third-order valence-electron chi connectivity index (χ3n) is 3.29. The molecular formula is C17H19ClO. The molecule has 2 rings (SSSR count). The summed E-state index contributed by atoms with van der Waals surface area (Å²) in [6.07, 6.45) is 0.934. The van der Waals surface area contributed by atoms with Crippen LogP contribution in [-0.4, -0.2) is 12.5 Å². The molecule has 0 heterocycles. The summed E-state index contributed by atoms with van der Waals surface area (Å²) in [5, 5.41) is 0. The van der Waals surface area contributed by atoms with Crippen molar-refractivity contribution in [2.45, 2.75) is 19.3 Å². The van der Waals surface area contributed by atoms with Gasteiger partial charge >= 0.3 is 0 Å². The summed E-state index contributed by atoms with van der Waals surface area (Å²) < 4.78 is 5.74. The smallest absolute Gasteiger partial charge is 0.119 e. The van der Waals surface area contributed by atoms with E-state index in [1.807, 2.05) is 30.3 Å². The summed E-state index contributed by atoms with van der Waals surface area (Å²) in [5.41, 5.74) is 2.63. The van der Waals surface area contributed by atoms with E-state index < -0.39 is 0 Å². The largest absolute Gasteiger partial charge is 0.494 e. The number of ether oxygens (including phenoxy) is 1. The molecule has 100 valence electrons. The highest BCUT2D eigenvalue weighted by molar-refractivity contribution is 6.18. The van der Waals surface area contributed by atoms with Crippen LogP contribution in [0.3, 0.4) is 0 Å². The molecule has 1 nitrogen and oxygen atoms in total. The number of aryl methyl sites for hydroxylation is 1. The van der Waals surface area contributed by atoms with Crippen LogP contribution in [0.2, 0.25) is 0 Å². The van der Waals surface area contributed by atoms with Gasteiger partial charge in [-0.05, 0) is 36.6 Å². The molecule has 0 N–H and O–H groups in total. The molecule has 0 saturated heterocycles. The van der Waals surface area contributed by atoms with Crippen molar-refractivity contribution in [3.8, 4) is 5.75 Å². The van der Waals surface area contributed by atoms with Gasteiger partial charge < -0.3 is 4.74 Å². The fourth-order valence-corrected chi connectivity index (χ4v) is 2.52. The van der Waals surface area contributed by atoms with Gasteiger partial charge in [-0.3, -0.25) is 0 Å². The second-order valence-corrected chi connectivity index (χ2v) is 4.97. The van der Waals surface area contributed by atoms with Gasteiger partial charge in [0.25, 0.3) is 0 Å². The quantitative estimate of drug-likeness (QED) is 0.689. The number of para-hydroxylation sites is 1. The zero-order chi connectivity index (χ0) is 13.5. The van der Waals surface area contributed by atoms with Gasteiger partial charge in [0.2, 0.25) is 0 Å². The molecular weight excluding hydrogens is 256 g/mol. The maximum atomic E-state index is 6.10. The Balaban J connectivity index is 1.92. The molecule has 1 unspecified atom stereocenters. The zero-order valence-electron chi connectivity index (χ0n) is 11.2. The molecule has 0 aliphatic heterocycles. The van der Waals surface area contributed by atoms with Crippen LogP contribution >= 0.6 is 11.6 Å². The average Bonchev–Trinajstić information content (AvgIpc) is 2.46. The van der Waals surface area contributed by atoms with Crippen LogP contribution in [0.15, 0.2) is 54.6 Å². The van der Waals surface area contributed by atoms with E-state index >= 15 is 0 Å². The highest BCUT2D eigenvalue weighted by atomic mass is 35.5. The average molecular weight is 275 g/mol. The van der Waals surface area contributed by atoms with Gasteiger partial charge in [-0.1, -0.05) is 42.5 Å². The van der Waals surface area contributed by atoms with Crippen LogP contribution in [0, 0.1) is 6.92 Å². The van der Waals surface area contributed by atoms with E-state index in [2.05, 4.69) is 31.2 Å². The van der Waals surface area contributed by atoms with Gasteiger partial charge in [0.15, 0.2) is 0 Å². The molecule has 0 spiro atoms. The third kappa shape index (κ3) is 4.00. The second kappa shape index (κ2) is 7.20. The van der Waals surface area contributed by atoms with Crippen molar-refractivity contribution in [2.24, 2.45) is 0 Å². The molecule has 0 radical (unpaired) electrons. The Morgan fingerprint density at radius 1 is 1.00 bits per heavy atom. The molecule has 0 fully saturated rings. The monoisotopic (exact) mass is 274 g/mol. The lowest BCUT2D eigenvalue weighted by Crippen LogP contribution is -2.08. The minimum absolute atomic E-state index is 0.353. The SMILES string of the molecule is Cc1ccccc1C(CCl)CCOc1ccccc1. The highest BCUT2D eigenvalue weighted by Crippen LogP contribution is 2.24. The van der Waals surface area contributed by atoms with Gasteiger partial charge in [0.1, 0.15) is 5.75 Å². The molecule has 2 aromatic rings. The molecule has 0 aliphatic carbocycles. The maximum Gasteiger partial charge on any atom is 0.119 e. The molecule has 0 aromatic heterocycles. The van der Waals surface area contributed by atoms with Gasteiger partial charge in [-0.15, -0.1) is 11.6 Å². The maximum absolute atomic E-state index is 6.10. The van der Waals surface area contributed by atoms with Crippen LogP contribution in [-0.2, 0) is 0 Å². The van der Waals surface area contributed by atoms with Crippen molar-refractivity contribution in [3.05, 3.63) is 65.7 Å². The van der Waals surface area contributed by atoms with E-state index in [-0.39, 0.29) is 0 Å². The summed E-state index contributed by atoms with van der Waals surface area (Å²) in [4.78, 5) is 0. The van der Waals surface area contributed by atoms with E-state index in [1.54, 1.807) is 0 Å². The van der Waals surface area contributed by atoms with Crippen molar-refractivity contribution < 1.29 is 4.74 Å². The topological polar surface area (TPSA) is 9.23 Å². The number of alkyl halides is 1. The second-order valence-electron chi connectivity index (χ2n) is 4.66. The van der Waals surface area contributed by atoms with Crippen molar-refractivity contribution in [3.63, 3.8) is 0 Å². The van der Waals surface area contributed by atoms with E-state index in [0.29, 0.717) is 18.4 Å². The summed E-state index contributed by atoms with van der Waals surface area (Å²) in [6, 6.07) is 18.3. The Labute approximate surface area is 120 Å². The van der Waals surface area contributed by atoms with Crippen LogP contribution in [0.4, 0.5) is 0 Å². The van der Waals surface area contributed by atoms with Crippen LogP contribution in [0.25, 0.3) is 0 Å². The first-order valence-electron chi connectivity index (χ1n) is 6.60. The lowest BCUT2D eigenvalue weighted by atomic mass is 9.94. The van der Waals surface area contributed by atoms with Crippen molar-refractivity contribution in [2.75, 3.05) is 12.5 Å². The molecule has 0 bridgehead atoms. The van der Waals surface area contributed by atoms with E-state index in [4.69, 9.17) is 16.3 Å². The molecule has 1 atom stereocenters. The number of rotatable bonds is 6. The lowest BCUT2D eigenvalue weighted by Gasteiger charge is -2.17. The zero-order valence-corrected chi connectivity index (χ0v) is 11.9. The van der Waals surface area contributed by atoms with Gasteiger partial charge in [-0.25, -0.2) is 0 Å². The predicted molar refractivity (Wildman–Crippen MR) is 81.2 cm³/mol. The molecule has 2 aromatic carbocycles. The fourth-order valence-electron chi connectivity index (χ4n) is 2.20. The summed E-state index contributed by atoms with van der Waals surface area (Å²) in [5.74, 6) is 1.90. The van der Waals surface area contributed by atoms with Crippen LogP contribution in [0.5, 0.6) is 5.75 Å². The predicted octanol–water partition coefficient (Wildman–Crippen LogP) is 4.79. The number of hydrogen-bond acceptors (Lipinski definition) is 1. The van der Waals surface area contributed by atoms with Crippen LogP contribution in [0.1, 0.15) is 23.5 Å².